The van der Waals surface area contributed by atoms with Gasteiger partial charge in [-0.2, -0.15) is 0 Å². The Kier molecular flexibility index (Phi) is 4.49. The summed E-state index contributed by atoms with van der Waals surface area (Å²) in [5, 5.41) is 0. The van der Waals surface area contributed by atoms with Crippen LogP contribution in [-0.4, -0.2) is 8.32 Å². The summed E-state index contributed by atoms with van der Waals surface area (Å²) in [7, 11) is 2.07. The summed E-state index contributed by atoms with van der Waals surface area (Å²) in [6.45, 7) is 13.6. The van der Waals surface area contributed by atoms with Gasteiger partial charge in [0.2, 0.25) is 0 Å². The average molecular weight is 187 g/mol. The molecule has 0 amide bonds. The Balaban J connectivity index is 4.77. The Morgan fingerprint density at radius 3 is 1.08 bits per heavy atom. The Morgan fingerprint density at radius 2 is 1.08 bits per heavy atom. The third kappa shape index (κ3) is 1.91. The minimum absolute atomic E-state index is 0.648. The first-order valence-electron chi connectivity index (χ1n) is 4.82. The van der Waals surface area contributed by atoms with Crippen LogP contribution in [0.25, 0.3) is 0 Å². The zero-order valence-electron chi connectivity index (χ0n) is 9.35. The molecular formula is C10H23OSi. The van der Waals surface area contributed by atoms with E-state index in [4.69, 9.17) is 4.43 Å². The lowest BCUT2D eigenvalue weighted by atomic mass is 10.5. The van der Waals surface area contributed by atoms with Crippen molar-refractivity contribution in [3.63, 3.8) is 0 Å². The largest absolute Gasteiger partial charge is 0.414 e. The molecule has 0 heterocycles. The zero-order chi connectivity index (χ0) is 9.94. The monoisotopic (exact) mass is 187 g/mol. The standard InChI is InChI=1S/C10H23OSi/c1-8(2)12(11-7,9(3)4)10(5)6/h8-10H,7H2,1-6H3. The van der Waals surface area contributed by atoms with E-state index in [-0.39, 0.29) is 0 Å². The maximum absolute atomic E-state index is 5.61. The van der Waals surface area contributed by atoms with Crippen molar-refractivity contribution >= 4 is 8.32 Å². The Hall–Kier alpha value is 0.177. The van der Waals surface area contributed by atoms with Crippen LogP contribution in [0, 0.1) is 7.11 Å². The van der Waals surface area contributed by atoms with Gasteiger partial charge < -0.3 is 4.43 Å². The van der Waals surface area contributed by atoms with E-state index in [1.54, 1.807) is 0 Å². The normalized spacial score (nSPS) is 13.5. The predicted molar refractivity (Wildman–Crippen MR) is 57.5 cm³/mol. The Morgan fingerprint density at radius 1 is 0.833 bits per heavy atom. The Bertz CT molecular complexity index is 108. The van der Waals surface area contributed by atoms with Crippen LogP contribution in [0.2, 0.25) is 16.6 Å². The lowest BCUT2D eigenvalue weighted by molar-refractivity contribution is 0.409. The van der Waals surface area contributed by atoms with Crippen LogP contribution in [0.3, 0.4) is 0 Å². The molecule has 2 heteroatoms. The summed E-state index contributed by atoms with van der Waals surface area (Å²) in [5.74, 6) is 0. The van der Waals surface area contributed by atoms with E-state index in [0.717, 1.165) is 0 Å². The van der Waals surface area contributed by atoms with Crippen molar-refractivity contribution in [1.29, 1.82) is 0 Å². The summed E-state index contributed by atoms with van der Waals surface area (Å²) in [4.78, 5) is 0. The minimum atomic E-state index is -1.61. The van der Waals surface area contributed by atoms with Gasteiger partial charge >= 0.3 is 0 Å². The fraction of sp³-hybridized carbons (Fsp3) is 0.900. The highest BCUT2D eigenvalue weighted by molar-refractivity contribution is 6.77. The van der Waals surface area contributed by atoms with Crippen molar-refractivity contribution in [3.8, 4) is 0 Å². The SMILES string of the molecule is [CH2]O[Si](C(C)C)(C(C)C)C(C)C. The van der Waals surface area contributed by atoms with Crippen LogP contribution >= 0.6 is 0 Å². The van der Waals surface area contributed by atoms with E-state index in [0.29, 0.717) is 16.6 Å². The highest BCUT2D eigenvalue weighted by atomic mass is 28.4. The molecule has 0 unspecified atom stereocenters. The van der Waals surface area contributed by atoms with Crippen molar-refractivity contribution < 1.29 is 4.43 Å². The highest BCUT2D eigenvalue weighted by Crippen LogP contribution is 2.41. The molecule has 0 aliphatic rings. The van der Waals surface area contributed by atoms with E-state index < -0.39 is 8.32 Å². The van der Waals surface area contributed by atoms with Gasteiger partial charge in [0, 0.05) is 0 Å². The van der Waals surface area contributed by atoms with E-state index >= 15 is 0 Å². The fourth-order valence-corrected chi connectivity index (χ4v) is 7.50. The van der Waals surface area contributed by atoms with E-state index in [9.17, 15) is 0 Å². The summed E-state index contributed by atoms with van der Waals surface area (Å²) < 4.78 is 5.61. The molecule has 0 aromatic heterocycles. The van der Waals surface area contributed by atoms with Gasteiger partial charge in [0.25, 0.3) is 0 Å². The first-order valence-corrected chi connectivity index (χ1v) is 6.96. The minimum Gasteiger partial charge on any atom is -0.414 e. The summed E-state index contributed by atoms with van der Waals surface area (Å²) in [6.07, 6.45) is 0. The van der Waals surface area contributed by atoms with Crippen molar-refractivity contribution in [2.75, 3.05) is 0 Å². The zero-order valence-corrected chi connectivity index (χ0v) is 10.3. The van der Waals surface area contributed by atoms with Gasteiger partial charge in [-0.1, -0.05) is 41.5 Å². The van der Waals surface area contributed by atoms with Gasteiger partial charge in [-0.3, -0.25) is 0 Å². The first kappa shape index (κ1) is 12.2. The lowest BCUT2D eigenvalue weighted by Crippen LogP contribution is -2.46. The molecule has 0 atom stereocenters. The molecule has 0 rings (SSSR count). The summed E-state index contributed by atoms with van der Waals surface area (Å²) >= 11 is 0. The number of hydrogen-bond donors (Lipinski definition) is 0. The second-order valence-electron chi connectivity index (χ2n) is 4.46. The van der Waals surface area contributed by atoms with Crippen LogP contribution in [0.1, 0.15) is 41.5 Å². The topological polar surface area (TPSA) is 9.23 Å². The smallest absolute Gasteiger partial charge is 0.200 e. The van der Waals surface area contributed by atoms with Crippen LogP contribution in [0.4, 0.5) is 0 Å². The molecule has 1 nitrogen and oxygen atoms in total. The van der Waals surface area contributed by atoms with Crippen molar-refractivity contribution in [1.82, 2.24) is 0 Å². The number of rotatable bonds is 4. The van der Waals surface area contributed by atoms with Gasteiger partial charge in [-0.25, -0.2) is 0 Å². The average Bonchev–Trinajstić information content (AvgIpc) is 1.86. The maximum Gasteiger partial charge on any atom is 0.200 e. The molecule has 73 valence electrons. The van der Waals surface area contributed by atoms with Gasteiger partial charge in [0.05, 0.1) is 7.11 Å². The summed E-state index contributed by atoms with van der Waals surface area (Å²) in [6, 6.07) is 0. The maximum atomic E-state index is 5.61. The lowest BCUT2D eigenvalue weighted by Gasteiger charge is -2.40. The molecule has 0 N–H and O–H groups in total. The molecule has 12 heavy (non-hydrogen) atoms. The van der Waals surface area contributed by atoms with Crippen LogP contribution < -0.4 is 0 Å². The van der Waals surface area contributed by atoms with E-state index in [1.807, 2.05) is 0 Å². The van der Waals surface area contributed by atoms with E-state index in [2.05, 4.69) is 48.7 Å². The third-order valence-electron chi connectivity index (χ3n) is 2.96. The first-order chi connectivity index (χ1) is 5.39. The van der Waals surface area contributed by atoms with Gasteiger partial charge in [0.1, 0.15) is 0 Å². The van der Waals surface area contributed by atoms with Crippen LogP contribution in [0.5, 0.6) is 0 Å². The molecule has 0 aliphatic heterocycles. The molecule has 0 fully saturated rings. The molecule has 0 aliphatic carbocycles. The van der Waals surface area contributed by atoms with Crippen molar-refractivity contribution in [2.24, 2.45) is 0 Å². The molecule has 0 aromatic rings. The quantitative estimate of drug-likeness (QED) is 0.605. The Labute approximate surface area is 78.6 Å². The second-order valence-corrected chi connectivity index (χ2v) is 9.92. The van der Waals surface area contributed by atoms with E-state index in [1.165, 1.54) is 0 Å². The molecule has 0 saturated carbocycles. The second kappa shape index (κ2) is 4.42. The third-order valence-corrected chi connectivity index (χ3v) is 8.87. The van der Waals surface area contributed by atoms with Gasteiger partial charge in [0.15, 0.2) is 8.32 Å². The fourth-order valence-electron chi connectivity index (χ4n) is 2.50. The van der Waals surface area contributed by atoms with Crippen molar-refractivity contribution in [3.05, 3.63) is 7.11 Å². The molecular weight excluding hydrogens is 164 g/mol. The van der Waals surface area contributed by atoms with Crippen molar-refractivity contribution in [2.45, 2.75) is 58.2 Å². The van der Waals surface area contributed by atoms with Crippen LogP contribution in [-0.2, 0) is 4.43 Å². The molecule has 1 radical (unpaired) electrons. The highest BCUT2D eigenvalue weighted by Gasteiger charge is 2.43. The van der Waals surface area contributed by atoms with Gasteiger partial charge in [-0.05, 0) is 16.6 Å². The molecule has 0 spiro atoms. The predicted octanol–water partition coefficient (Wildman–Crippen LogP) is 3.97. The molecule has 0 saturated heterocycles. The molecule has 0 aromatic carbocycles. The molecule has 0 bridgehead atoms. The van der Waals surface area contributed by atoms with Crippen LogP contribution in [0.15, 0.2) is 0 Å². The van der Waals surface area contributed by atoms with Gasteiger partial charge in [-0.15, -0.1) is 0 Å². The summed E-state index contributed by atoms with van der Waals surface area (Å²) in [5.41, 5.74) is 1.94. The number of hydrogen-bond acceptors (Lipinski definition) is 1.